The number of fused-ring (bicyclic) bond motifs is 1. The van der Waals surface area contributed by atoms with E-state index in [4.69, 9.17) is 14.2 Å². The first-order valence-corrected chi connectivity index (χ1v) is 7.41. The first kappa shape index (κ1) is 14.7. The van der Waals surface area contributed by atoms with Gasteiger partial charge in [-0.25, -0.2) is 4.79 Å². The molecule has 0 amide bonds. The number of halogens is 1. The van der Waals surface area contributed by atoms with Gasteiger partial charge in [-0.2, -0.15) is 0 Å². The zero-order valence-corrected chi connectivity index (χ0v) is 13.6. The summed E-state index contributed by atoms with van der Waals surface area (Å²) in [4.78, 5) is 12.2. The molecule has 1 atom stereocenters. The average Bonchev–Trinajstić information content (AvgIpc) is 2.85. The van der Waals surface area contributed by atoms with Crippen molar-refractivity contribution in [3.63, 3.8) is 0 Å². The first-order valence-electron chi connectivity index (χ1n) is 6.62. The lowest BCUT2D eigenvalue weighted by Gasteiger charge is -2.15. The number of esters is 1. The molecule has 0 aliphatic carbocycles. The third-order valence-electron chi connectivity index (χ3n) is 3.43. The SMILES string of the molecule is COc1ccc2c(c1OC)C(=O)O[C@H]2Nc1ccc(Br)cc1. The maximum Gasteiger partial charge on any atom is 0.344 e. The van der Waals surface area contributed by atoms with Crippen molar-refractivity contribution in [3.8, 4) is 11.5 Å². The number of nitrogens with one attached hydrogen (secondary N) is 1. The predicted molar refractivity (Wildman–Crippen MR) is 85.5 cm³/mol. The molecule has 1 aliphatic heterocycles. The maximum atomic E-state index is 12.2. The van der Waals surface area contributed by atoms with Crippen LogP contribution in [0.5, 0.6) is 11.5 Å². The molecule has 6 heteroatoms. The van der Waals surface area contributed by atoms with E-state index in [-0.39, 0.29) is 0 Å². The topological polar surface area (TPSA) is 56.8 Å². The number of carbonyl (C=O) groups excluding carboxylic acids is 1. The van der Waals surface area contributed by atoms with Crippen molar-refractivity contribution in [3.05, 3.63) is 52.0 Å². The molecule has 2 aromatic rings. The van der Waals surface area contributed by atoms with Crippen LogP contribution in [-0.4, -0.2) is 20.2 Å². The van der Waals surface area contributed by atoms with E-state index in [0.29, 0.717) is 17.1 Å². The maximum absolute atomic E-state index is 12.2. The van der Waals surface area contributed by atoms with E-state index in [2.05, 4.69) is 21.2 Å². The second-order valence-corrected chi connectivity index (χ2v) is 5.62. The summed E-state index contributed by atoms with van der Waals surface area (Å²) in [7, 11) is 3.03. The lowest BCUT2D eigenvalue weighted by atomic mass is 10.1. The molecule has 0 spiro atoms. The fourth-order valence-electron chi connectivity index (χ4n) is 2.41. The summed E-state index contributed by atoms with van der Waals surface area (Å²) in [5, 5.41) is 3.18. The molecule has 3 rings (SSSR count). The molecule has 1 aliphatic rings. The van der Waals surface area contributed by atoms with Crippen LogP contribution in [0.15, 0.2) is 40.9 Å². The number of anilines is 1. The molecule has 0 fully saturated rings. The minimum atomic E-state index is -0.552. The number of rotatable bonds is 4. The van der Waals surface area contributed by atoms with Crippen molar-refractivity contribution in [2.24, 2.45) is 0 Å². The molecule has 0 saturated heterocycles. The summed E-state index contributed by atoms with van der Waals surface area (Å²) in [6.07, 6.45) is -0.552. The van der Waals surface area contributed by atoms with Crippen molar-refractivity contribution >= 4 is 27.6 Å². The summed E-state index contributed by atoms with van der Waals surface area (Å²) in [6, 6.07) is 11.2. The summed E-state index contributed by atoms with van der Waals surface area (Å²) < 4.78 is 16.9. The smallest absolute Gasteiger partial charge is 0.344 e. The van der Waals surface area contributed by atoms with E-state index in [0.717, 1.165) is 15.7 Å². The number of methoxy groups -OCH3 is 2. The summed E-state index contributed by atoms with van der Waals surface area (Å²) in [6.45, 7) is 0. The Morgan fingerprint density at radius 2 is 1.82 bits per heavy atom. The number of carbonyl (C=O) groups is 1. The Bertz CT molecular complexity index is 715. The zero-order chi connectivity index (χ0) is 15.7. The van der Waals surface area contributed by atoms with Crippen LogP contribution in [0.1, 0.15) is 22.1 Å². The van der Waals surface area contributed by atoms with Gasteiger partial charge in [0.1, 0.15) is 5.56 Å². The lowest BCUT2D eigenvalue weighted by molar-refractivity contribution is 0.0435. The molecule has 22 heavy (non-hydrogen) atoms. The van der Waals surface area contributed by atoms with Gasteiger partial charge < -0.3 is 19.5 Å². The van der Waals surface area contributed by atoms with Gasteiger partial charge in [0.05, 0.1) is 14.2 Å². The Kier molecular flexibility index (Phi) is 3.94. The highest BCUT2D eigenvalue weighted by Gasteiger charge is 2.35. The highest BCUT2D eigenvalue weighted by molar-refractivity contribution is 9.10. The number of ether oxygens (including phenoxy) is 3. The van der Waals surface area contributed by atoms with Crippen molar-refractivity contribution in [1.82, 2.24) is 0 Å². The molecule has 0 bridgehead atoms. The lowest BCUT2D eigenvalue weighted by Crippen LogP contribution is -2.10. The van der Waals surface area contributed by atoms with E-state index in [9.17, 15) is 4.79 Å². The molecule has 2 aromatic carbocycles. The molecule has 0 radical (unpaired) electrons. The largest absolute Gasteiger partial charge is 0.493 e. The number of cyclic esters (lactones) is 1. The Hall–Kier alpha value is -2.21. The number of benzene rings is 2. The Morgan fingerprint density at radius 3 is 2.45 bits per heavy atom. The van der Waals surface area contributed by atoms with Crippen LogP contribution >= 0.6 is 15.9 Å². The summed E-state index contributed by atoms with van der Waals surface area (Å²) in [5.74, 6) is 0.466. The van der Waals surface area contributed by atoms with Crippen LogP contribution in [0, 0.1) is 0 Å². The fraction of sp³-hybridized carbons (Fsp3) is 0.188. The first-order chi connectivity index (χ1) is 10.6. The van der Waals surface area contributed by atoms with Gasteiger partial charge in [0.2, 0.25) is 6.23 Å². The Morgan fingerprint density at radius 1 is 1.09 bits per heavy atom. The molecule has 0 aromatic heterocycles. The summed E-state index contributed by atoms with van der Waals surface area (Å²) in [5.41, 5.74) is 1.98. The summed E-state index contributed by atoms with van der Waals surface area (Å²) >= 11 is 3.38. The molecule has 5 nitrogen and oxygen atoms in total. The van der Waals surface area contributed by atoms with E-state index in [1.54, 1.807) is 12.1 Å². The van der Waals surface area contributed by atoms with Gasteiger partial charge in [-0.1, -0.05) is 15.9 Å². The van der Waals surface area contributed by atoms with E-state index >= 15 is 0 Å². The predicted octanol–water partition coefficient (Wildman–Crippen LogP) is 3.75. The van der Waals surface area contributed by atoms with Crippen molar-refractivity contribution < 1.29 is 19.0 Å². The fourth-order valence-corrected chi connectivity index (χ4v) is 2.67. The van der Waals surface area contributed by atoms with Crippen LogP contribution in [0.2, 0.25) is 0 Å². The Labute approximate surface area is 136 Å². The monoisotopic (exact) mass is 363 g/mol. The van der Waals surface area contributed by atoms with E-state index < -0.39 is 12.2 Å². The third-order valence-corrected chi connectivity index (χ3v) is 3.96. The van der Waals surface area contributed by atoms with Crippen LogP contribution in [0.4, 0.5) is 5.69 Å². The normalized spacial score (nSPS) is 16.0. The van der Waals surface area contributed by atoms with E-state index in [1.807, 2.05) is 24.3 Å². The van der Waals surface area contributed by atoms with E-state index in [1.165, 1.54) is 14.2 Å². The van der Waals surface area contributed by atoms with Crippen LogP contribution in [0.3, 0.4) is 0 Å². The number of hydrogen-bond donors (Lipinski definition) is 1. The zero-order valence-electron chi connectivity index (χ0n) is 12.1. The second-order valence-electron chi connectivity index (χ2n) is 4.70. The quantitative estimate of drug-likeness (QED) is 0.838. The Balaban J connectivity index is 1.96. The molecule has 0 unspecified atom stereocenters. The van der Waals surface area contributed by atoms with Gasteiger partial charge in [-0.3, -0.25) is 0 Å². The van der Waals surface area contributed by atoms with Gasteiger partial charge in [-0.05, 0) is 36.4 Å². The molecule has 1 N–H and O–H groups in total. The highest BCUT2D eigenvalue weighted by Crippen LogP contribution is 2.42. The molecule has 114 valence electrons. The van der Waals surface area contributed by atoms with Crippen LogP contribution in [-0.2, 0) is 4.74 Å². The van der Waals surface area contributed by atoms with Gasteiger partial charge in [0.25, 0.3) is 0 Å². The van der Waals surface area contributed by atoms with Gasteiger partial charge in [0.15, 0.2) is 11.5 Å². The number of hydrogen-bond acceptors (Lipinski definition) is 5. The van der Waals surface area contributed by atoms with Gasteiger partial charge >= 0.3 is 5.97 Å². The molecule has 1 heterocycles. The highest BCUT2D eigenvalue weighted by atomic mass is 79.9. The molecule has 0 saturated carbocycles. The van der Waals surface area contributed by atoms with Crippen LogP contribution < -0.4 is 14.8 Å². The minimum absolute atomic E-state index is 0.394. The van der Waals surface area contributed by atoms with Crippen molar-refractivity contribution in [2.45, 2.75) is 6.23 Å². The minimum Gasteiger partial charge on any atom is -0.493 e. The molecular weight excluding hydrogens is 350 g/mol. The standard InChI is InChI=1S/C16H14BrNO4/c1-20-12-8-7-11-13(14(12)21-2)16(19)22-15(11)18-10-5-3-9(17)4-6-10/h3-8,15,18H,1-2H3/t15-/m1/s1. The average molecular weight is 364 g/mol. The van der Waals surface area contributed by atoms with Crippen molar-refractivity contribution in [1.29, 1.82) is 0 Å². The third kappa shape index (κ3) is 2.50. The van der Waals surface area contributed by atoms with Crippen molar-refractivity contribution in [2.75, 3.05) is 19.5 Å². The van der Waals surface area contributed by atoms with Gasteiger partial charge in [-0.15, -0.1) is 0 Å². The van der Waals surface area contributed by atoms with Gasteiger partial charge in [0, 0.05) is 15.7 Å². The second kappa shape index (κ2) is 5.88. The molecular formula is C16H14BrNO4. The van der Waals surface area contributed by atoms with Crippen LogP contribution in [0.25, 0.3) is 0 Å².